The summed E-state index contributed by atoms with van der Waals surface area (Å²) in [5, 5.41) is 0. The van der Waals surface area contributed by atoms with Gasteiger partial charge in [0, 0.05) is 7.11 Å². The molecule has 0 rings (SSSR count). The second kappa shape index (κ2) is 10.7. The number of hydrogen-bond acceptors (Lipinski definition) is 2. The molecule has 1 atom stereocenters. The van der Waals surface area contributed by atoms with Crippen molar-refractivity contribution in [1.29, 1.82) is 0 Å². The zero-order chi connectivity index (χ0) is 16.4. The SMILES string of the molecule is CCC(CC)(CCC[P+](C)=O)CCCC(CC)(CC)OC. The van der Waals surface area contributed by atoms with Gasteiger partial charge >= 0.3 is 7.80 Å². The average Bonchev–Trinajstić information content (AvgIpc) is 2.50. The highest BCUT2D eigenvalue weighted by atomic mass is 31.1. The van der Waals surface area contributed by atoms with Crippen LogP contribution in [0.5, 0.6) is 0 Å². The molecule has 0 aromatic rings. The van der Waals surface area contributed by atoms with Gasteiger partial charge in [-0.2, -0.15) is 0 Å². The Morgan fingerprint density at radius 1 is 0.857 bits per heavy atom. The van der Waals surface area contributed by atoms with Gasteiger partial charge in [0.1, 0.15) is 12.8 Å². The Balaban J connectivity index is 4.46. The quantitative estimate of drug-likeness (QED) is 0.367. The van der Waals surface area contributed by atoms with E-state index in [1.807, 2.05) is 13.8 Å². The Morgan fingerprint density at radius 2 is 1.38 bits per heavy atom. The van der Waals surface area contributed by atoms with Gasteiger partial charge in [-0.05, 0) is 43.9 Å². The lowest BCUT2D eigenvalue weighted by Gasteiger charge is -2.35. The number of methoxy groups -OCH3 is 1. The molecule has 0 aromatic carbocycles. The van der Waals surface area contributed by atoms with E-state index in [2.05, 4.69) is 27.7 Å². The van der Waals surface area contributed by atoms with Gasteiger partial charge in [0.15, 0.2) is 0 Å². The van der Waals surface area contributed by atoms with Crippen molar-refractivity contribution in [3.63, 3.8) is 0 Å². The minimum Gasteiger partial charge on any atom is -0.378 e. The van der Waals surface area contributed by atoms with Crippen molar-refractivity contribution in [3.8, 4) is 0 Å². The average molecular weight is 317 g/mol. The highest BCUT2D eigenvalue weighted by Gasteiger charge is 2.29. The van der Waals surface area contributed by atoms with Crippen molar-refractivity contribution in [2.75, 3.05) is 19.9 Å². The summed E-state index contributed by atoms with van der Waals surface area (Å²) in [5.41, 5.74) is 0.534. The fourth-order valence-corrected chi connectivity index (χ4v) is 4.14. The molecule has 0 saturated carbocycles. The molecule has 0 aliphatic rings. The standard InChI is InChI=1S/C18H38O2P/c1-7-17(8-2,14-12-16-21(6)19)13-11-15-18(9-3,10-4)20-5/h7-16H2,1-6H3/q+1. The topological polar surface area (TPSA) is 26.3 Å². The molecule has 126 valence electrons. The van der Waals surface area contributed by atoms with Crippen LogP contribution in [-0.2, 0) is 9.30 Å². The minimum absolute atomic E-state index is 0.0833. The van der Waals surface area contributed by atoms with E-state index >= 15 is 0 Å². The molecule has 21 heavy (non-hydrogen) atoms. The van der Waals surface area contributed by atoms with E-state index in [1.165, 1.54) is 38.5 Å². The first kappa shape index (κ1) is 21.1. The van der Waals surface area contributed by atoms with Crippen molar-refractivity contribution >= 4 is 7.80 Å². The van der Waals surface area contributed by atoms with E-state index in [4.69, 9.17) is 4.74 Å². The summed E-state index contributed by atoms with van der Waals surface area (Å²) in [4.78, 5) is 0. The van der Waals surface area contributed by atoms with E-state index in [9.17, 15) is 4.57 Å². The molecule has 0 amide bonds. The van der Waals surface area contributed by atoms with Crippen molar-refractivity contribution in [3.05, 3.63) is 0 Å². The van der Waals surface area contributed by atoms with Crippen LogP contribution in [0.15, 0.2) is 0 Å². The van der Waals surface area contributed by atoms with Crippen molar-refractivity contribution < 1.29 is 9.30 Å². The van der Waals surface area contributed by atoms with Crippen LogP contribution in [0.2, 0.25) is 0 Å². The van der Waals surface area contributed by atoms with E-state index in [0.29, 0.717) is 5.41 Å². The molecule has 0 N–H and O–H groups in total. The van der Waals surface area contributed by atoms with Crippen LogP contribution in [0.3, 0.4) is 0 Å². The van der Waals surface area contributed by atoms with Crippen LogP contribution in [0.25, 0.3) is 0 Å². The molecule has 0 aliphatic carbocycles. The summed E-state index contributed by atoms with van der Waals surface area (Å²) >= 11 is 0. The third kappa shape index (κ3) is 7.24. The van der Waals surface area contributed by atoms with Crippen molar-refractivity contribution in [2.45, 2.75) is 91.1 Å². The van der Waals surface area contributed by atoms with Crippen LogP contribution in [-0.4, -0.2) is 25.5 Å². The maximum Gasteiger partial charge on any atom is 0.335 e. The maximum absolute atomic E-state index is 11.3. The largest absolute Gasteiger partial charge is 0.378 e. The monoisotopic (exact) mass is 317 g/mol. The van der Waals surface area contributed by atoms with Gasteiger partial charge in [0.05, 0.1) is 5.60 Å². The third-order valence-corrected chi connectivity index (χ3v) is 6.69. The Kier molecular flexibility index (Phi) is 10.8. The number of ether oxygens (including phenoxy) is 1. The summed E-state index contributed by atoms with van der Waals surface area (Å²) in [6.07, 6.45) is 11.6. The second-order valence-electron chi connectivity index (χ2n) is 6.61. The van der Waals surface area contributed by atoms with Crippen LogP contribution in [0.4, 0.5) is 0 Å². The van der Waals surface area contributed by atoms with Gasteiger partial charge in [0.2, 0.25) is 0 Å². The first-order valence-electron chi connectivity index (χ1n) is 8.86. The molecule has 0 radical (unpaired) electrons. The molecule has 2 nitrogen and oxygen atoms in total. The summed E-state index contributed by atoms with van der Waals surface area (Å²) in [7, 11) is 0.886. The van der Waals surface area contributed by atoms with Crippen LogP contribution in [0.1, 0.15) is 85.5 Å². The second-order valence-corrected chi connectivity index (χ2v) is 8.31. The van der Waals surface area contributed by atoms with Crippen molar-refractivity contribution in [1.82, 2.24) is 0 Å². The zero-order valence-electron chi connectivity index (χ0n) is 15.3. The van der Waals surface area contributed by atoms with E-state index in [1.54, 1.807) is 0 Å². The number of hydrogen-bond donors (Lipinski definition) is 0. The predicted octanol–water partition coefficient (Wildman–Crippen LogP) is 6.41. The molecular formula is C18H38O2P+. The molecular weight excluding hydrogens is 279 g/mol. The lowest BCUT2D eigenvalue weighted by molar-refractivity contribution is -0.0279. The van der Waals surface area contributed by atoms with Crippen molar-refractivity contribution in [2.24, 2.45) is 5.41 Å². The summed E-state index contributed by atoms with van der Waals surface area (Å²) in [6, 6.07) is 0. The van der Waals surface area contributed by atoms with E-state index in [-0.39, 0.29) is 5.60 Å². The molecule has 0 spiro atoms. The predicted molar refractivity (Wildman–Crippen MR) is 94.8 cm³/mol. The molecule has 0 fully saturated rings. The lowest BCUT2D eigenvalue weighted by Crippen LogP contribution is -2.30. The van der Waals surface area contributed by atoms with Gasteiger partial charge < -0.3 is 4.74 Å². The minimum atomic E-state index is -0.973. The molecule has 0 heterocycles. The molecule has 3 heteroatoms. The highest BCUT2D eigenvalue weighted by molar-refractivity contribution is 7.43. The first-order chi connectivity index (χ1) is 9.93. The molecule has 1 unspecified atom stereocenters. The third-order valence-electron chi connectivity index (χ3n) is 5.74. The maximum atomic E-state index is 11.3. The smallest absolute Gasteiger partial charge is 0.335 e. The van der Waals surface area contributed by atoms with Gasteiger partial charge in [0.25, 0.3) is 0 Å². The van der Waals surface area contributed by atoms with Gasteiger partial charge in [-0.3, -0.25) is 0 Å². The Morgan fingerprint density at radius 3 is 1.76 bits per heavy atom. The Labute approximate surface area is 134 Å². The molecule has 0 saturated heterocycles. The lowest BCUT2D eigenvalue weighted by atomic mass is 9.73. The molecule has 0 aromatic heterocycles. The fraction of sp³-hybridized carbons (Fsp3) is 1.00. The first-order valence-corrected chi connectivity index (χ1v) is 10.8. The van der Waals surface area contributed by atoms with Crippen LogP contribution >= 0.6 is 7.80 Å². The zero-order valence-corrected chi connectivity index (χ0v) is 16.2. The fourth-order valence-electron chi connectivity index (χ4n) is 3.54. The van der Waals surface area contributed by atoms with Crippen LogP contribution in [0, 0.1) is 5.41 Å². The highest BCUT2D eigenvalue weighted by Crippen LogP contribution is 2.40. The van der Waals surface area contributed by atoms with Crippen LogP contribution < -0.4 is 0 Å². The molecule has 0 aliphatic heterocycles. The Hall–Kier alpha value is 0.0600. The van der Waals surface area contributed by atoms with E-state index < -0.39 is 7.80 Å². The van der Waals surface area contributed by atoms with Gasteiger partial charge in [-0.15, -0.1) is 0 Å². The number of rotatable bonds is 13. The Bertz CT molecular complexity index is 273. The normalized spacial score (nSPS) is 13.5. The van der Waals surface area contributed by atoms with Gasteiger partial charge in [-0.1, -0.05) is 51.5 Å². The van der Waals surface area contributed by atoms with E-state index in [0.717, 1.165) is 25.4 Å². The molecule has 0 bridgehead atoms. The summed E-state index contributed by atoms with van der Waals surface area (Å²) < 4.78 is 17.1. The summed E-state index contributed by atoms with van der Waals surface area (Å²) in [5.74, 6) is 0. The van der Waals surface area contributed by atoms with Gasteiger partial charge in [-0.25, -0.2) is 0 Å². The summed E-state index contributed by atoms with van der Waals surface area (Å²) in [6.45, 7) is 11.0.